The first-order chi connectivity index (χ1) is 12.6. The fourth-order valence-corrected chi connectivity index (χ4v) is 3.71. The van der Waals surface area contributed by atoms with Crippen LogP contribution in [0.25, 0.3) is 0 Å². The summed E-state index contributed by atoms with van der Waals surface area (Å²) in [5.74, 6) is 0.474. The van der Waals surface area contributed by atoms with Crippen molar-refractivity contribution < 1.29 is 14.3 Å². The Balaban J connectivity index is 1.43. The normalized spacial score (nSPS) is 17.4. The van der Waals surface area contributed by atoms with E-state index in [0.29, 0.717) is 22.3 Å². The molecule has 1 spiro atoms. The maximum absolute atomic E-state index is 12.2. The first kappa shape index (κ1) is 17.0. The summed E-state index contributed by atoms with van der Waals surface area (Å²) < 4.78 is 13.2. The molecule has 2 aliphatic rings. The van der Waals surface area contributed by atoms with Crippen molar-refractivity contribution in [2.75, 3.05) is 11.6 Å². The fraction of sp³-hybridized carbons (Fsp3) is 0.471. The molecule has 0 bridgehead atoms. The molecule has 2 aromatic rings. The predicted octanol–water partition coefficient (Wildman–Crippen LogP) is 2.36. The molecule has 1 fully saturated rings. The van der Waals surface area contributed by atoms with E-state index < -0.39 is 11.5 Å². The van der Waals surface area contributed by atoms with E-state index in [-0.39, 0.29) is 12.5 Å². The summed E-state index contributed by atoms with van der Waals surface area (Å²) in [5, 5.41) is 7.28. The van der Waals surface area contributed by atoms with Crippen LogP contribution in [0.1, 0.15) is 32.1 Å². The number of H-pyrrole nitrogens is 1. The SMILES string of the molecule is CSc1nn(CC(=O)Nc2ccc3c(c2)OC2(CCCCC2)O3)c(=O)[nH]1. The Kier molecular flexibility index (Phi) is 4.39. The minimum Gasteiger partial charge on any atom is -0.448 e. The number of nitrogens with one attached hydrogen (secondary N) is 2. The highest BCUT2D eigenvalue weighted by molar-refractivity contribution is 7.98. The lowest BCUT2D eigenvalue weighted by Crippen LogP contribution is -2.40. The highest BCUT2D eigenvalue weighted by Gasteiger charge is 2.42. The quantitative estimate of drug-likeness (QED) is 0.795. The van der Waals surface area contributed by atoms with Gasteiger partial charge in [0.25, 0.3) is 5.79 Å². The van der Waals surface area contributed by atoms with Gasteiger partial charge >= 0.3 is 5.69 Å². The van der Waals surface area contributed by atoms with Gasteiger partial charge in [-0.25, -0.2) is 9.48 Å². The lowest BCUT2D eigenvalue weighted by Gasteiger charge is -2.31. The summed E-state index contributed by atoms with van der Waals surface area (Å²) in [7, 11) is 0. The second kappa shape index (κ2) is 6.71. The average Bonchev–Trinajstić information content (AvgIpc) is 3.15. The van der Waals surface area contributed by atoms with E-state index in [0.717, 1.165) is 30.4 Å². The first-order valence-corrected chi connectivity index (χ1v) is 9.82. The summed E-state index contributed by atoms with van der Waals surface area (Å²) in [6.45, 7) is -0.158. The maximum atomic E-state index is 12.2. The van der Waals surface area contributed by atoms with Crippen LogP contribution in [0, 0.1) is 0 Å². The number of amides is 1. The number of hydrogen-bond acceptors (Lipinski definition) is 6. The average molecular weight is 376 g/mol. The Morgan fingerprint density at radius 1 is 1.31 bits per heavy atom. The zero-order chi connectivity index (χ0) is 18.1. The summed E-state index contributed by atoms with van der Waals surface area (Å²) in [5.41, 5.74) is 0.188. The topological polar surface area (TPSA) is 98.2 Å². The van der Waals surface area contributed by atoms with Gasteiger partial charge < -0.3 is 14.8 Å². The van der Waals surface area contributed by atoms with Crippen LogP contribution in [-0.4, -0.2) is 32.7 Å². The number of carbonyl (C=O) groups is 1. The Hall–Kier alpha value is -2.42. The van der Waals surface area contributed by atoms with Crippen LogP contribution >= 0.6 is 11.8 Å². The number of hydrogen-bond donors (Lipinski definition) is 2. The van der Waals surface area contributed by atoms with E-state index >= 15 is 0 Å². The van der Waals surface area contributed by atoms with Gasteiger partial charge in [0.05, 0.1) is 0 Å². The van der Waals surface area contributed by atoms with Crippen molar-refractivity contribution in [2.45, 2.75) is 49.6 Å². The second-order valence-corrected chi connectivity index (χ2v) is 7.28. The standard InChI is InChI=1S/C17H20N4O4S/c1-26-15-19-16(23)21(20-15)10-14(22)18-11-5-6-12-13(9-11)25-17(24-12)7-3-2-4-8-17/h5-6,9H,2-4,7-8,10H2,1H3,(H,18,22)(H,19,20,23). The van der Waals surface area contributed by atoms with Gasteiger partial charge in [-0.15, -0.1) is 5.10 Å². The van der Waals surface area contributed by atoms with Gasteiger partial charge in [-0.05, 0) is 31.2 Å². The number of aromatic amines is 1. The van der Waals surface area contributed by atoms with Crippen molar-refractivity contribution in [1.29, 1.82) is 0 Å². The lowest BCUT2D eigenvalue weighted by molar-refractivity contribution is -0.117. The summed E-state index contributed by atoms with van der Waals surface area (Å²) in [6.07, 6.45) is 6.94. The highest BCUT2D eigenvalue weighted by Crippen LogP contribution is 2.46. The van der Waals surface area contributed by atoms with Crippen LogP contribution in [0.2, 0.25) is 0 Å². The Morgan fingerprint density at radius 2 is 2.08 bits per heavy atom. The lowest BCUT2D eigenvalue weighted by atomic mass is 9.94. The molecule has 4 rings (SSSR count). The number of aromatic nitrogens is 3. The van der Waals surface area contributed by atoms with Crippen LogP contribution < -0.4 is 20.5 Å². The van der Waals surface area contributed by atoms with Crippen molar-refractivity contribution in [3.63, 3.8) is 0 Å². The number of ether oxygens (including phenoxy) is 2. The number of benzene rings is 1. The number of thioether (sulfide) groups is 1. The van der Waals surface area contributed by atoms with E-state index in [4.69, 9.17) is 9.47 Å². The Labute approximate surface area is 154 Å². The monoisotopic (exact) mass is 376 g/mol. The smallest absolute Gasteiger partial charge is 0.344 e. The third kappa shape index (κ3) is 3.31. The van der Waals surface area contributed by atoms with E-state index in [1.54, 1.807) is 24.5 Å². The van der Waals surface area contributed by atoms with E-state index in [1.165, 1.54) is 18.2 Å². The minimum atomic E-state index is -0.542. The van der Waals surface area contributed by atoms with Crippen LogP contribution in [-0.2, 0) is 11.3 Å². The zero-order valence-electron chi connectivity index (χ0n) is 14.4. The molecule has 9 heteroatoms. The molecule has 0 atom stereocenters. The Bertz CT molecular complexity index is 885. The van der Waals surface area contributed by atoms with Crippen molar-refractivity contribution in [3.8, 4) is 11.5 Å². The molecule has 138 valence electrons. The number of carbonyl (C=O) groups excluding carboxylic acids is 1. The molecule has 0 saturated heterocycles. The summed E-state index contributed by atoms with van der Waals surface area (Å²) in [6, 6.07) is 5.33. The second-order valence-electron chi connectivity index (χ2n) is 6.48. The van der Waals surface area contributed by atoms with E-state index in [2.05, 4.69) is 15.4 Å². The molecular weight excluding hydrogens is 356 g/mol. The minimum absolute atomic E-state index is 0.158. The van der Waals surface area contributed by atoms with Gasteiger partial charge in [0, 0.05) is 24.6 Å². The van der Waals surface area contributed by atoms with Crippen LogP contribution in [0.5, 0.6) is 11.5 Å². The molecule has 1 aromatic heterocycles. The molecule has 1 aliphatic carbocycles. The Morgan fingerprint density at radius 3 is 2.81 bits per heavy atom. The van der Waals surface area contributed by atoms with Gasteiger partial charge in [0.1, 0.15) is 6.54 Å². The molecule has 0 unspecified atom stereocenters. The molecule has 2 N–H and O–H groups in total. The predicted molar refractivity (Wildman–Crippen MR) is 96.8 cm³/mol. The van der Waals surface area contributed by atoms with E-state index in [9.17, 15) is 9.59 Å². The van der Waals surface area contributed by atoms with Crippen LogP contribution in [0.3, 0.4) is 0 Å². The number of rotatable bonds is 4. The summed E-state index contributed by atoms with van der Waals surface area (Å²) in [4.78, 5) is 26.5. The van der Waals surface area contributed by atoms with Gasteiger partial charge in [0.2, 0.25) is 5.91 Å². The van der Waals surface area contributed by atoms with E-state index in [1.807, 2.05) is 0 Å². The van der Waals surface area contributed by atoms with Crippen molar-refractivity contribution in [1.82, 2.24) is 14.8 Å². The van der Waals surface area contributed by atoms with Gasteiger partial charge in [0.15, 0.2) is 16.7 Å². The largest absolute Gasteiger partial charge is 0.448 e. The molecule has 0 radical (unpaired) electrons. The molecular formula is C17H20N4O4S. The molecule has 8 nitrogen and oxygen atoms in total. The van der Waals surface area contributed by atoms with Crippen molar-refractivity contribution in [3.05, 3.63) is 28.7 Å². The maximum Gasteiger partial charge on any atom is 0.344 e. The first-order valence-electron chi connectivity index (χ1n) is 8.60. The van der Waals surface area contributed by atoms with Gasteiger partial charge in [-0.3, -0.25) is 9.78 Å². The molecule has 2 heterocycles. The third-order valence-corrected chi connectivity index (χ3v) is 5.15. The van der Waals surface area contributed by atoms with Crippen LogP contribution in [0.15, 0.2) is 28.2 Å². The number of fused-ring (bicyclic) bond motifs is 1. The molecule has 1 aromatic carbocycles. The number of anilines is 1. The van der Waals surface area contributed by atoms with Crippen LogP contribution in [0.4, 0.5) is 5.69 Å². The molecule has 1 amide bonds. The zero-order valence-corrected chi connectivity index (χ0v) is 15.2. The summed E-state index contributed by atoms with van der Waals surface area (Å²) >= 11 is 1.31. The fourth-order valence-electron chi connectivity index (χ4n) is 3.34. The molecule has 26 heavy (non-hydrogen) atoms. The molecule has 1 aliphatic heterocycles. The third-order valence-electron chi connectivity index (χ3n) is 4.58. The highest BCUT2D eigenvalue weighted by atomic mass is 32.2. The van der Waals surface area contributed by atoms with Gasteiger partial charge in [-0.2, -0.15) is 0 Å². The van der Waals surface area contributed by atoms with Crippen molar-refractivity contribution in [2.24, 2.45) is 0 Å². The van der Waals surface area contributed by atoms with Crippen molar-refractivity contribution >= 4 is 23.4 Å². The number of nitrogens with zero attached hydrogens (tertiary/aromatic N) is 2. The molecule has 1 saturated carbocycles. The van der Waals surface area contributed by atoms with Gasteiger partial charge in [-0.1, -0.05) is 18.2 Å².